The lowest BCUT2D eigenvalue weighted by Gasteiger charge is -2.09. The van der Waals surface area contributed by atoms with Gasteiger partial charge in [-0.1, -0.05) is 17.7 Å². The minimum Gasteiger partial charge on any atom is -0.495 e. The van der Waals surface area contributed by atoms with Crippen LogP contribution in [0, 0.1) is 0 Å². The molecule has 0 aliphatic rings. The molecule has 0 spiro atoms. The molecule has 0 unspecified atom stereocenters. The van der Waals surface area contributed by atoms with Gasteiger partial charge in [-0.25, -0.2) is 4.79 Å². The number of para-hydroxylation sites is 1. The van der Waals surface area contributed by atoms with Gasteiger partial charge >= 0.3 is 5.97 Å². The second-order valence-corrected chi connectivity index (χ2v) is 4.95. The Morgan fingerprint density at radius 2 is 2.00 bits per heavy atom. The Bertz CT molecular complexity index is 946. The summed E-state index contributed by atoms with van der Waals surface area (Å²) in [6, 6.07) is 7.81. The summed E-state index contributed by atoms with van der Waals surface area (Å²) in [4.78, 5) is 26.9. The second kappa shape index (κ2) is 4.79. The highest BCUT2D eigenvalue weighted by atomic mass is 35.5. The van der Waals surface area contributed by atoms with Gasteiger partial charge in [-0.3, -0.25) is 4.79 Å². The largest absolute Gasteiger partial charge is 0.495 e. The maximum Gasteiger partial charge on any atom is 0.337 e. The summed E-state index contributed by atoms with van der Waals surface area (Å²) in [6.45, 7) is 0. The van der Waals surface area contributed by atoms with E-state index in [0.29, 0.717) is 16.7 Å². The van der Waals surface area contributed by atoms with Crippen LogP contribution in [-0.4, -0.2) is 23.2 Å². The summed E-state index contributed by atoms with van der Waals surface area (Å²) in [5.74, 6) is -0.690. The molecule has 5 nitrogen and oxygen atoms in total. The number of fused-ring (bicyclic) bond motifs is 2. The van der Waals surface area contributed by atoms with Crippen LogP contribution in [0.15, 0.2) is 35.1 Å². The molecule has 0 radical (unpaired) electrons. The number of carboxylic acid groups (broad SMARTS) is 1. The van der Waals surface area contributed by atoms with Gasteiger partial charge in [0.1, 0.15) is 5.75 Å². The lowest BCUT2D eigenvalue weighted by atomic mass is 10.1. The standard InChI is InChI=1S/C15H10ClNO4/c1-21-11-4-2-3-8-13(11)17-12-9(14(8)18)5-7(16)6-10(12)15(19)20/h2-6H,1H3,(H,17,18)(H,19,20). The number of methoxy groups -OCH3 is 1. The number of benzene rings is 2. The van der Waals surface area contributed by atoms with Crippen LogP contribution in [0.3, 0.4) is 0 Å². The van der Waals surface area contributed by atoms with Gasteiger partial charge in [-0.2, -0.15) is 0 Å². The van der Waals surface area contributed by atoms with E-state index in [1.165, 1.54) is 19.2 Å². The predicted octanol–water partition coefficient (Wildman–Crippen LogP) is 3.04. The predicted molar refractivity (Wildman–Crippen MR) is 80.6 cm³/mol. The van der Waals surface area contributed by atoms with Gasteiger partial charge < -0.3 is 14.8 Å². The molecule has 0 fully saturated rings. The van der Waals surface area contributed by atoms with Gasteiger partial charge in [0.05, 0.1) is 23.7 Å². The first-order valence-corrected chi connectivity index (χ1v) is 6.46. The van der Waals surface area contributed by atoms with E-state index in [0.717, 1.165) is 0 Å². The summed E-state index contributed by atoms with van der Waals surface area (Å²) in [5.41, 5.74) is 0.348. The third kappa shape index (κ3) is 2.02. The Labute approximate surface area is 123 Å². The van der Waals surface area contributed by atoms with Crippen molar-refractivity contribution in [2.24, 2.45) is 0 Å². The topological polar surface area (TPSA) is 79.4 Å². The molecule has 1 heterocycles. The van der Waals surface area contributed by atoms with Gasteiger partial charge in [0.2, 0.25) is 0 Å². The molecule has 0 aliphatic heterocycles. The van der Waals surface area contributed by atoms with Crippen molar-refractivity contribution in [3.8, 4) is 5.75 Å². The van der Waals surface area contributed by atoms with E-state index in [-0.39, 0.29) is 26.9 Å². The van der Waals surface area contributed by atoms with Crippen molar-refractivity contribution in [1.29, 1.82) is 0 Å². The van der Waals surface area contributed by atoms with Gasteiger partial charge in [0.25, 0.3) is 0 Å². The summed E-state index contributed by atoms with van der Waals surface area (Å²) in [7, 11) is 1.48. The number of aromatic nitrogens is 1. The molecular weight excluding hydrogens is 294 g/mol. The zero-order valence-electron chi connectivity index (χ0n) is 10.9. The number of aromatic carboxylic acids is 1. The number of pyridine rings is 1. The highest BCUT2D eigenvalue weighted by molar-refractivity contribution is 6.32. The van der Waals surface area contributed by atoms with Gasteiger partial charge in [-0.05, 0) is 24.3 Å². The van der Waals surface area contributed by atoms with Crippen LogP contribution in [-0.2, 0) is 0 Å². The number of hydrogen-bond acceptors (Lipinski definition) is 3. The molecule has 0 bridgehead atoms. The van der Waals surface area contributed by atoms with Crippen molar-refractivity contribution < 1.29 is 14.6 Å². The molecule has 0 saturated heterocycles. The third-order valence-electron chi connectivity index (χ3n) is 3.32. The number of carbonyl (C=O) groups is 1. The van der Waals surface area contributed by atoms with Crippen LogP contribution in [0.2, 0.25) is 5.02 Å². The van der Waals surface area contributed by atoms with Gasteiger partial charge in [0.15, 0.2) is 5.43 Å². The molecule has 0 amide bonds. The molecule has 2 aromatic carbocycles. The van der Waals surface area contributed by atoms with Crippen LogP contribution in [0.5, 0.6) is 5.75 Å². The molecule has 0 saturated carbocycles. The molecule has 106 valence electrons. The minimum atomic E-state index is -1.16. The minimum absolute atomic E-state index is 0.0533. The number of rotatable bonds is 2. The van der Waals surface area contributed by atoms with Gasteiger partial charge in [-0.15, -0.1) is 0 Å². The Balaban J connectivity index is 2.60. The van der Waals surface area contributed by atoms with Crippen molar-refractivity contribution in [1.82, 2.24) is 4.98 Å². The normalized spacial score (nSPS) is 11.0. The molecule has 1 aromatic heterocycles. The molecule has 6 heteroatoms. The third-order valence-corrected chi connectivity index (χ3v) is 3.54. The number of aromatic amines is 1. The first-order chi connectivity index (χ1) is 10.0. The zero-order chi connectivity index (χ0) is 15.1. The highest BCUT2D eigenvalue weighted by Gasteiger charge is 2.16. The summed E-state index contributed by atoms with van der Waals surface area (Å²) in [5, 5.41) is 10.1. The monoisotopic (exact) mass is 303 g/mol. The molecule has 3 aromatic rings. The number of nitrogens with one attached hydrogen (secondary N) is 1. The first kappa shape index (κ1) is 13.5. The van der Waals surface area contributed by atoms with Crippen molar-refractivity contribution >= 4 is 39.4 Å². The smallest absolute Gasteiger partial charge is 0.337 e. The van der Waals surface area contributed by atoms with E-state index in [9.17, 15) is 14.7 Å². The molecule has 2 N–H and O–H groups in total. The molecule has 0 atom stereocenters. The van der Waals surface area contributed by atoms with E-state index in [4.69, 9.17) is 16.3 Å². The number of H-pyrrole nitrogens is 1. The fraction of sp³-hybridized carbons (Fsp3) is 0.0667. The van der Waals surface area contributed by atoms with Crippen molar-refractivity contribution in [2.45, 2.75) is 0 Å². The maximum absolute atomic E-state index is 12.6. The van der Waals surface area contributed by atoms with Crippen molar-refractivity contribution in [3.05, 3.63) is 51.1 Å². The van der Waals surface area contributed by atoms with E-state index >= 15 is 0 Å². The van der Waals surface area contributed by atoms with E-state index in [1.54, 1.807) is 18.2 Å². The Kier molecular flexibility index (Phi) is 3.07. The number of hydrogen-bond donors (Lipinski definition) is 2. The average molecular weight is 304 g/mol. The fourth-order valence-electron chi connectivity index (χ4n) is 2.38. The lowest BCUT2D eigenvalue weighted by molar-refractivity contribution is 0.0699. The lowest BCUT2D eigenvalue weighted by Crippen LogP contribution is -2.08. The molecular formula is C15H10ClNO4. The first-order valence-electron chi connectivity index (χ1n) is 6.08. The number of carboxylic acids is 1. The highest BCUT2D eigenvalue weighted by Crippen LogP contribution is 2.27. The Hall–Kier alpha value is -2.53. The summed E-state index contributed by atoms with van der Waals surface area (Å²) in [6.07, 6.45) is 0. The van der Waals surface area contributed by atoms with Crippen LogP contribution in [0.25, 0.3) is 21.8 Å². The SMILES string of the molecule is COc1cccc2c(=O)c3cc(Cl)cc(C(=O)O)c3[nH]c12. The molecule has 3 rings (SSSR count). The maximum atomic E-state index is 12.6. The van der Waals surface area contributed by atoms with Gasteiger partial charge in [0, 0.05) is 15.8 Å². The Morgan fingerprint density at radius 3 is 2.67 bits per heavy atom. The zero-order valence-corrected chi connectivity index (χ0v) is 11.7. The molecule has 0 aliphatic carbocycles. The van der Waals surface area contributed by atoms with Crippen LogP contribution in [0.1, 0.15) is 10.4 Å². The Morgan fingerprint density at radius 1 is 1.24 bits per heavy atom. The quantitative estimate of drug-likeness (QED) is 0.713. The second-order valence-electron chi connectivity index (χ2n) is 4.52. The average Bonchev–Trinajstić information content (AvgIpc) is 2.47. The fourth-order valence-corrected chi connectivity index (χ4v) is 2.60. The van der Waals surface area contributed by atoms with Crippen molar-refractivity contribution in [3.63, 3.8) is 0 Å². The van der Waals surface area contributed by atoms with Crippen LogP contribution >= 0.6 is 11.6 Å². The number of halogens is 1. The van der Waals surface area contributed by atoms with E-state index < -0.39 is 5.97 Å². The van der Waals surface area contributed by atoms with E-state index in [2.05, 4.69) is 4.98 Å². The summed E-state index contributed by atoms with van der Waals surface area (Å²) < 4.78 is 5.21. The van der Waals surface area contributed by atoms with E-state index in [1.807, 2.05) is 0 Å². The number of ether oxygens (including phenoxy) is 1. The molecule has 21 heavy (non-hydrogen) atoms. The summed E-state index contributed by atoms with van der Waals surface area (Å²) >= 11 is 5.91. The van der Waals surface area contributed by atoms with Crippen LogP contribution in [0.4, 0.5) is 0 Å². The van der Waals surface area contributed by atoms with Crippen molar-refractivity contribution in [2.75, 3.05) is 7.11 Å². The van der Waals surface area contributed by atoms with Crippen LogP contribution < -0.4 is 10.2 Å².